The smallest absolute Gasteiger partial charge is 0.295 e. The molecule has 4 nitrogen and oxygen atoms in total. The van der Waals surface area contributed by atoms with Crippen molar-refractivity contribution in [3.8, 4) is 0 Å². The second-order valence-corrected chi connectivity index (χ2v) is 6.67. The van der Waals surface area contributed by atoms with Crippen molar-refractivity contribution in [1.29, 1.82) is 0 Å². The monoisotopic (exact) mass is 322 g/mol. The van der Waals surface area contributed by atoms with E-state index in [9.17, 15) is 9.59 Å². The molecule has 2 aromatic carbocycles. The number of imidazole rings is 1. The molecule has 0 fully saturated rings. The zero-order valence-corrected chi connectivity index (χ0v) is 13.6. The Bertz CT molecular complexity index is 1060. The lowest BCUT2D eigenvalue weighted by Gasteiger charge is -1.99. The lowest BCUT2D eigenvalue weighted by atomic mass is 10.1. The van der Waals surface area contributed by atoms with Gasteiger partial charge in [0.1, 0.15) is 0 Å². The van der Waals surface area contributed by atoms with Gasteiger partial charge < -0.3 is 0 Å². The van der Waals surface area contributed by atoms with Gasteiger partial charge in [0.05, 0.1) is 15.9 Å². The highest BCUT2D eigenvalue weighted by Crippen LogP contribution is 2.40. The molecule has 0 amide bonds. The summed E-state index contributed by atoms with van der Waals surface area (Å²) in [4.78, 5) is 26.1. The van der Waals surface area contributed by atoms with Gasteiger partial charge in [0, 0.05) is 24.6 Å². The third kappa shape index (κ3) is 2.08. The molecule has 114 valence electrons. The van der Waals surface area contributed by atoms with Gasteiger partial charge >= 0.3 is 5.69 Å². The first-order valence-corrected chi connectivity index (χ1v) is 8.06. The van der Waals surface area contributed by atoms with E-state index in [0.29, 0.717) is 4.91 Å². The number of fused-ring (bicyclic) bond motifs is 2. The van der Waals surface area contributed by atoms with Crippen LogP contribution in [0.2, 0.25) is 0 Å². The predicted octanol–water partition coefficient (Wildman–Crippen LogP) is 3.21. The summed E-state index contributed by atoms with van der Waals surface area (Å²) in [5.41, 5.74) is 3.37. The number of benzene rings is 2. The van der Waals surface area contributed by atoms with E-state index in [-0.39, 0.29) is 11.5 Å². The van der Waals surface area contributed by atoms with Gasteiger partial charge in [-0.05, 0) is 35.9 Å². The van der Waals surface area contributed by atoms with Gasteiger partial charge in [-0.3, -0.25) is 13.9 Å². The first-order chi connectivity index (χ1) is 11.1. The number of carbonyl (C=O) groups is 1. The standard InChI is InChI=1S/C18H14N2O2S/c1-19-13-8-7-11(9-14(13)20(2)18(19)22)10-16-17(21)12-5-3-4-6-15(12)23-16/h3-10H,1-2H3. The van der Waals surface area contributed by atoms with Crippen molar-refractivity contribution in [1.82, 2.24) is 9.13 Å². The molecule has 0 spiro atoms. The Kier molecular flexibility index (Phi) is 3.06. The molecule has 0 bridgehead atoms. The van der Waals surface area contributed by atoms with Crippen LogP contribution in [0.1, 0.15) is 15.9 Å². The number of aromatic nitrogens is 2. The number of aryl methyl sites for hydroxylation is 2. The molecule has 2 heterocycles. The average Bonchev–Trinajstić information content (AvgIpc) is 2.99. The van der Waals surface area contributed by atoms with Crippen molar-refractivity contribution in [3.63, 3.8) is 0 Å². The molecule has 1 aliphatic heterocycles. The molecule has 23 heavy (non-hydrogen) atoms. The molecule has 0 N–H and O–H groups in total. The van der Waals surface area contributed by atoms with E-state index < -0.39 is 0 Å². The lowest BCUT2D eigenvalue weighted by molar-refractivity contribution is 0.104. The van der Waals surface area contributed by atoms with Gasteiger partial charge in [-0.15, -0.1) is 0 Å². The summed E-state index contributed by atoms with van der Waals surface area (Å²) in [7, 11) is 3.52. The number of hydrogen-bond acceptors (Lipinski definition) is 3. The molecule has 0 saturated heterocycles. The van der Waals surface area contributed by atoms with Crippen LogP contribution in [-0.4, -0.2) is 14.9 Å². The number of rotatable bonds is 1. The molecule has 0 atom stereocenters. The minimum Gasteiger partial charge on any atom is -0.295 e. The Hall–Kier alpha value is -2.53. The van der Waals surface area contributed by atoms with Crippen molar-refractivity contribution >= 4 is 34.7 Å². The van der Waals surface area contributed by atoms with E-state index in [4.69, 9.17) is 0 Å². The van der Waals surface area contributed by atoms with E-state index in [1.54, 1.807) is 23.2 Å². The fourth-order valence-corrected chi connectivity index (χ4v) is 3.95. The molecule has 0 unspecified atom stereocenters. The van der Waals surface area contributed by atoms with Crippen molar-refractivity contribution in [2.45, 2.75) is 4.90 Å². The highest BCUT2D eigenvalue weighted by atomic mass is 32.2. The number of Topliss-reactive ketones (excluding diaryl/α,β-unsaturated/α-hetero) is 1. The van der Waals surface area contributed by atoms with Gasteiger partial charge in [0.15, 0.2) is 0 Å². The maximum Gasteiger partial charge on any atom is 0.328 e. The van der Waals surface area contributed by atoms with Crippen molar-refractivity contribution in [2.75, 3.05) is 0 Å². The van der Waals surface area contributed by atoms with Crippen LogP contribution in [0.4, 0.5) is 0 Å². The number of thioether (sulfide) groups is 1. The summed E-state index contributed by atoms with van der Waals surface area (Å²) in [6, 6.07) is 13.4. The molecule has 1 aliphatic rings. The summed E-state index contributed by atoms with van der Waals surface area (Å²) < 4.78 is 3.24. The molecule has 5 heteroatoms. The summed E-state index contributed by atoms with van der Waals surface area (Å²) in [5.74, 6) is 0.0626. The van der Waals surface area contributed by atoms with E-state index in [2.05, 4.69) is 0 Å². The SMILES string of the molecule is Cn1c(=O)n(C)c2cc(C=C3Sc4ccccc4C3=O)ccc21. The molecule has 1 aromatic heterocycles. The lowest BCUT2D eigenvalue weighted by Crippen LogP contribution is -2.19. The number of carbonyl (C=O) groups excluding carboxylic acids is 1. The van der Waals surface area contributed by atoms with Crippen LogP contribution in [0, 0.1) is 0 Å². The zero-order chi connectivity index (χ0) is 16.1. The maximum atomic E-state index is 12.4. The van der Waals surface area contributed by atoms with Crippen LogP contribution in [-0.2, 0) is 14.1 Å². The molecular weight excluding hydrogens is 308 g/mol. The largest absolute Gasteiger partial charge is 0.328 e. The molecule has 0 saturated carbocycles. The first-order valence-electron chi connectivity index (χ1n) is 7.25. The summed E-state index contributed by atoms with van der Waals surface area (Å²) >= 11 is 1.49. The molecular formula is C18H14N2O2S. The minimum absolute atomic E-state index is 0.0523. The highest BCUT2D eigenvalue weighted by Gasteiger charge is 2.25. The Morgan fingerprint density at radius 2 is 1.70 bits per heavy atom. The molecule has 0 aliphatic carbocycles. The predicted molar refractivity (Wildman–Crippen MR) is 92.8 cm³/mol. The van der Waals surface area contributed by atoms with E-state index in [0.717, 1.165) is 27.1 Å². The average molecular weight is 322 g/mol. The molecule has 4 rings (SSSR count). The third-order valence-electron chi connectivity index (χ3n) is 4.17. The van der Waals surface area contributed by atoms with Crippen LogP contribution in [0.15, 0.2) is 57.1 Å². The Morgan fingerprint density at radius 1 is 0.957 bits per heavy atom. The van der Waals surface area contributed by atoms with Gasteiger partial charge in [-0.25, -0.2) is 4.79 Å². The second-order valence-electron chi connectivity index (χ2n) is 5.58. The zero-order valence-electron chi connectivity index (χ0n) is 12.7. The quantitative estimate of drug-likeness (QED) is 0.646. The van der Waals surface area contributed by atoms with Crippen LogP contribution in [0.3, 0.4) is 0 Å². The van der Waals surface area contributed by atoms with Gasteiger partial charge in [-0.1, -0.05) is 30.0 Å². The topological polar surface area (TPSA) is 44.0 Å². The maximum absolute atomic E-state index is 12.4. The minimum atomic E-state index is -0.0523. The van der Waals surface area contributed by atoms with Crippen molar-refractivity contribution in [2.24, 2.45) is 14.1 Å². The van der Waals surface area contributed by atoms with E-state index in [1.165, 1.54) is 11.8 Å². The van der Waals surface area contributed by atoms with Gasteiger partial charge in [0.25, 0.3) is 0 Å². The Morgan fingerprint density at radius 3 is 2.48 bits per heavy atom. The van der Waals surface area contributed by atoms with Crippen LogP contribution >= 0.6 is 11.8 Å². The van der Waals surface area contributed by atoms with E-state index >= 15 is 0 Å². The summed E-state index contributed by atoms with van der Waals surface area (Å²) in [6.07, 6.45) is 1.89. The van der Waals surface area contributed by atoms with Crippen LogP contribution in [0.5, 0.6) is 0 Å². The van der Waals surface area contributed by atoms with Crippen LogP contribution < -0.4 is 5.69 Å². The number of nitrogens with zero attached hydrogens (tertiary/aromatic N) is 2. The summed E-state index contributed by atoms with van der Waals surface area (Å²) in [5, 5.41) is 0. The number of allylic oxidation sites excluding steroid dienone is 1. The number of hydrogen-bond donors (Lipinski definition) is 0. The molecule has 3 aromatic rings. The Balaban J connectivity index is 1.81. The number of ketones is 1. The van der Waals surface area contributed by atoms with E-state index in [1.807, 2.05) is 48.5 Å². The first kappa shape index (κ1) is 14.1. The van der Waals surface area contributed by atoms with Crippen LogP contribution in [0.25, 0.3) is 17.1 Å². The fourth-order valence-electron chi connectivity index (χ4n) is 2.90. The van der Waals surface area contributed by atoms with Crippen molar-refractivity contribution in [3.05, 3.63) is 69.0 Å². The van der Waals surface area contributed by atoms with Gasteiger partial charge in [-0.2, -0.15) is 0 Å². The summed E-state index contributed by atoms with van der Waals surface area (Å²) in [6.45, 7) is 0. The highest BCUT2D eigenvalue weighted by molar-refractivity contribution is 8.04. The molecule has 0 radical (unpaired) electrons. The Labute approximate surface area is 137 Å². The normalized spacial score (nSPS) is 15.6. The fraction of sp³-hybridized carbons (Fsp3) is 0.111. The van der Waals surface area contributed by atoms with Gasteiger partial charge in [0.2, 0.25) is 5.78 Å². The van der Waals surface area contributed by atoms with Crippen molar-refractivity contribution < 1.29 is 4.79 Å². The third-order valence-corrected chi connectivity index (χ3v) is 5.27. The second kappa shape index (κ2) is 4.99.